The van der Waals surface area contributed by atoms with Gasteiger partial charge in [0, 0.05) is 30.8 Å². The smallest absolute Gasteiger partial charge is 0.434 e. The highest BCUT2D eigenvalue weighted by atomic mass is 16.7. The number of hydrogen-bond donors (Lipinski definition) is 1. The largest absolute Gasteiger partial charge is 0.513 e. The zero-order chi connectivity index (χ0) is 20.8. The molecular weight excluding hydrogens is 372 g/mol. The van der Waals surface area contributed by atoms with Crippen molar-refractivity contribution < 1.29 is 23.9 Å². The van der Waals surface area contributed by atoms with E-state index in [0.29, 0.717) is 30.3 Å². The van der Waals surface area contributed by atoms with Gasteiger partial charge in [0.15, 0.2) is 0 Å². The second kappa shape index (κ2) is 9.58. The number of allylic oxidation sites excluding steroid dienone is 1. The van der Waals surface area contributed by atoms with E-state index in [0.717, 1.165) is 12.8 Å². The first-order valence-electron chi connectivity index (χ1n) is 10.2. The number of piperidine rings is 1. The van der Waals surface area contributed by atoms with Crippen LogP contribution in [-0.4, -0.2) is 48.6 Å². The van der Waals surface area contributed by atoms with E-state index in [2.05, 4.69) is 5.32 Å². The molecule has 1 aliphatic heterocycles. The Balaban J connectivity index is 1.45. The summed E-state index contributed by atoms with van der Waals surface area (Å²) in [6.45, 7) is 5.25. The van der Waals surface area contributed by atoms with Crippen LogP contribution in [0.5, 0.6) is 5.75 Å². The van der Waals surface area contributed by atoms with E-state index in [9.17, 15) is 14.4 Å². The molecule has 0 bridgehead atoms. The second-order valence-electron chi connectivity index (χ2n) is 7.55. The Labute approximate surface area is 171 Å². The van der Waals surface area contributed by atoms with Crippen LogP contribution in [0.1, 0.15) is 49.9 Å². The Kier molecular flexibility index (Phi) is 6.90. The average Bonchev–Trinajstić information content (AvgIpc) is 3.54. The molecule has 0 spiro atoms. The first kappa shape index (κ1) is 20.9. The third-order valence-electron chi connectivity index (χ3n) is 5.29. The van der Waals surface area contributed by atoms with Crippen LogP contribution in [0.2, 0.25) is 0 Å². The molecule has 7 nitrogen and oxygen atoms in total. The molecule has 7 heteroatoms. The summed E-state index contributed by atoms with van der Waals surface area (Å²) in [6, 6.07) is 6.36. The second-order valence-corrected chi connectivity index (χ2v) is 7.55. The van der Waals surface area contributed by atoms with Crippen molar-refractivity contribution in [2.45, 2.75) is 45.6 Å². The van der Waals surface area contributed by atoms with Crippen molar-refractivity contribution >= 4 is 18.0 Å². The quantitative estimate of drug-likeness (QED) is 0.450. The van der Waals surface area contributed by atoms with Crippen molar-refractivity contribution in [1.82, 2.24) is 10.2 Å². The fraction of sp³-hybridized carbons (Fsp3) is 0.500. The molecule has 2 amide bonds. The zero-order valence-electron chi connectivity index (χ0n) is 17.0. The van der Waals surface area contributed by atoms with Crippen LogP contribution >= 0.6 is 0 Å². The lowest BCUT2D eigenvalue weighted by Gasteiger charge is -2.32. The third kappa shape index (κ3) is 6.07. The van der Waals surface area contributed by atoms with E-state index in [4.69, 9.17) is 9.47 Å². The molecule has 2 aliphatic rings. The summed E-state index contributed by atoms with van der Waals surface area (Å²) < 4.78 is 9.70. The van der Waals surface area contributed by atoms with Crippen molar-refractivity contribution in [1.29, 1.82) is 0 Å². The minimum Gasteiger partial charge on any atom is -0.434 e. The molecular formula is C22H28N2O5. The summed E-state index contributed by atoms with van der Waals surface area (Å²) in [5, 5.41) is 3.02. The van der Waals surface area contributed by atoms with Crippen LogP contribution in [0.3, 0.4) is 0 Å². The predicted octanol–water partition coefficient (Wildman–Crippen LogP) is 3.30. The summed E-state index contributed by atoms with van der Waals surface area (Å²) in [4.78, 5) is 38.0. The SMILES string of the molecule is CCOC(=O)Oc1ccc(C(=O)NC2CCN(C(=O)/C=C(\C)C3CC3)CC2)cc1. The normalized spacial score (nSPS) is 17.6. The summed E-state index contributed by atoms with van der Waals surface area (Å²) >= 11 is 0. The molecule has 0 unspecified atom stereocenters. The van der Waals surface area contributed by atoms with E-state index in [-0.39, 0.29) is 24.5 Å². The summed E-state index contributed by atoms with van der Waals surface area (Å²) in [5.74, 6) is 0.824. The highest BCUT2D eigenvalue weighted by Crippen LogP contribution is 2.36. The van der Waals surface area contributed by atoms with Gasteiger partial charge in [-0.1, -0.05) is 5.57 Å². The molecule has 1 N–H and O–H groups in total. The maximum atomic E-state index is 12.5. The van der Waals surface area contributed by atoms with Crippen LogP contribution in [0.25, 0.3) is 0 Å². The Morgan fingerprint density at radius 2 is 1.76 bits per heavy atom. The number of likely N-dealkylation sites (tertiary alicyclic amines) is 1. The monoisotopic (exact) mass is 400 g/mol. The number of ether oxygens (including phenoxy) is 2. The number of benzene rings is 1. The van der Waals surface area contributed by atoms with Gasteiger partial charge in [-0.25, -0.2) is 4.79 Å². The van der Waals surface area contributed by atoms with Crippen molar-refractivity contribution in [2.24, 2.45) is 5.92 Å². The standard InChI is InChI=1S/C22H28N2O5/c1-3-28-22(27)29-19-8-6-17(7-9-19)21(26)23-18-10-12-24(13-11-18)20(25)14-15(2)16-4-5-16/h6-9,14,16,18H,3-5,10-13H2,1-2H3,(H,23,26)/b15-14+. The van der Waals surface area contributed by atoms with Gasteiger partial charge >= 0.3 is 6.16 Å². The molecule has 1 saturated carbocycles. The lowest BCUT2D eigenvalue weighted by atomic mass is 10.0. The van der Waals surface area contributed by atoms with E-state index in [1.165, 1.54) is 18.4 Å². The summed E-state index contributed by atoms with van der Waals surface area (Å²) in [5.41, 5.74) is 1.67. The summed E-state index contributed by atoms with van der Waals surface area (Å²) in [7, 11) is 0. The maximum Gasteiger partial charge on any atom is 0.513 e. The summed E-state index contributed by atoms with van der Waals surface area (Å²) in [6.07, 6.45) is 4.86. The molecule has 3 rings (SSSR count). The van der Waals surface area contributed by atoms with Crippen molar-refractivity contribution in [3.63, 3.8) is 0 Å². The number of carbonyl (C=O) groups is 3. The number of rotatable bonds is 6. The highest BCUT2D eigenvalue weighted by Gasteiger charge is 2.26. The van der Waals surface area contributed by atoms with Gasteiger partial charge < -0.3 is 19.7 Å². The van der Waals surface area contributed by atoms with Crippen LogP contribution < -0.4 is 10.1 Å². The van der Waals surface area contributed by atoms with Gasteiger partial charge in [0.05, 0.1) is 6.61 Å². The minimum atomic E-state index is -0.770. The van der Waals surface area contributed by atoms with Gasteiger partial charge in [0.25, 0.3) is 5.91 Å². The first-order chi connectivity index (χ1) is 14.0. The van der Waals surface area contributed by atoms with Gasteiger partial charge in [0.1, 0.15) is 5.75 Å². The van der Waals surface area contributed by atoms with Crippen molar-refractivity contribution in [3.05, 3.63) is 41.5 Å². The Morgan fingerprint density at radius 1 is 1.10 bits per heavy atom. The first-order valence-corrected chi connectivity index (χ1v) is 10.2. The molecule has 0 atom stereocenters. The highest BCUT2D eigenvalue weighted by molar-refractivity contribution is 5.94. The number of hydrogen-bond acceptors (Lipinski definition) is 5. The van der Waals surface area contributed by atoms with Crippen LogP contribution in [-0.2, 0) is 9.53 Å². The topological polar surface area (TPSA) is 84.9 Å². The van der Waals surface area contributed by atoms with Crippen LogP contribution in [0.4, 0.5) is 4.79 Å². The Morgan fingerprint density at radius 3 is 2.34 bits per heavy atom. The zero-order valence-corrected chi connectivity index (χ0v) is 17.0. The van der Waals surface area contributed by atoms with E-state index in [1.807, 2.05) is 11.8 Å². The number of nitrogens with one attached hydrogen (secondary N) is 1. The molecule has 0 aromatic heterocycles. The van der Waals surface area contributed by atoms with E-state index in [1.54, 1.807) is 37.3 Å². The van der Waals surface area contributed by atoms with Gasteiger partial charge in [0.2, 0.25) is 5.91 Å². The molecule has 1 aliphatic carbocycles. The fourth-order valence-electron chi connectivity index (χ4n) is 3.37. The number of carbonyl (C=O) groups excluding carboxylic acids is 3. The Bertz CT molecular complexity index is 775. The van der Waals surface area contributed by atoms with Crippen LogP contribution in [0, 0.1) is 5.92 Å². The van der Waals surface area contributed by atoms with Gasteiger partial charge in [-0.05, 0) is 69.7 Å². The lowest BCUT2D eigenvalue weighted by Crippen LogP contribution is -2.46. The number of nitrogens with zero attached hydrogens (tertiary/aromatic N) is 1. The molecule has 1 aromatic carbocycles. The van der Waals surface area contributed by atoms with Crippen molar-refractivity contribution in [2.75, 3.05) is 19.7 Å². The molecule has 156 valence electrons. The van der Waals surface area contributed by atoms with E-state index < -0.39 is 6.16 Å². The minimum absolute atomic E-state index is 0.0375. The van der Waals surface area contributed by atoms with Gasteiger partial charge in [-0.3, -0.25) is 9.59 Å². The van der Waals surface area contributed by atoms with Gasteiger partial charge in [-0.15, -0.1) is 0 Å². The van der Waals surface area contributed by atoms with Crippen molar-refractivity contribution in [3.8, 4) is 5.75 Å². The molecule has 1 heterocycles. The lowest BCUT2D eigenvalue weighted by molar-refractivity contribution is -0.127. The average molecular weight is 400 g/mol. The molecule has 1 aromatic rings. The third-order valence-corrected chi connectivity index (χ3v) is 5.29. The Hall–Kier alpha value is -2.83. The maximum absolute atomic E-state index is 12.5. The molecule has 1 saturated heterocycles. The van der Waals surface area contributed by atoms with E-state index >= 15 is 0 Å². The number of amides is 2. The molecule has 29 heavy (non-hydrogen) atoms. The predicted molar refractivity (Wildman–Crippen MR) is 108 cm³/mol. The molecule has 0 radical (unpaired) electrons. The molecule has 2 fully saturated rings. The van der Waals surface area contributed by atoms with Gasteiger partial charge in [-0.2, -0.15) is 0 Å². The van der Waals surface area contributed by atoms with Crippen LogP contribution in [0.15, 0.2) is 35.9 Å². The fourth-order valence-corrected chi connectivity index (χ4v) is 3.37.